The van der Waals surface area contributed by atoms with Gasteiger partial charge in [0.15, 0.2) is 0 Å². The molecule has 0 spiro atoms. The van der Waals surface area contributed by atoms with Crippen LogP contribution < -0.4 is 16.0 Å². The number of carbonyl (C=O) groups is 2. The molecule has 2 amide bonds. The molecule has 1 saturated heterocycles. The van der Waals surface area contributed by atoms with E-state index in [2.05, 4.69) is 32.5 Å². The zero-order chi connectivity index (χ0) is 29.8. The van der Waals surface area contributed by atoms with Crippen LogP contribution in [0.2, 0.25) is 5.15 Å². The Morgan fingerprint density at radius 2 is 1.77 bits per heavy atom. The number of ether oxygens (including phenoxy) is 1. The van der Waals surface area contributed by atoms with E-state index in [1.54, 1.807) is 27.0 Å². The van der Waals surface area contributed by atoms with Crippen molar-refractivity contribution in [1.82, 2.24) is 14.9 Å². The topological polar surface area (TPSA) is 134 Å². The van der Waals surface area contributed by atoms with Crippen LogP contribution in [0.1, 0.15) is 77.2 Å². The summed E-state index contributed by atoms with van der Waals surface area (Å²) in [5.74, 6) is 0.0326. The Kier molecular flexibility index (Phi) is 13.7. The predicted octanol–water partition coefficient (Wildman–Crippen LogP) is 5.87. The molecule has 2 aromatic heterocycles. The summed E-state index contributed by atoms with van der Waals surface area (Å²) < 4.78 is 5.35. The van der Waals surface area contributed by atoms with Gasteiger partial charge in [-0.1, -0.05) is 45.9 Å². The number of piperidine rings is 1. The third-order valence-electron chi connectivity index (χ3n) is 5.36. The maximum atomic E-state index is 13.0. The van der Waals surface area contributed by atoms with Crippen molar-refractivity contribution in [2.45, 2.75) is 79.6 Å². The summed E-state index contributed by atoms with van der Waals surface area (Å²) in [6.45, 7) is 17.9. The first-order valence-corrected chi connectivity index (χ1v) is 13.6. The number of nitrogens with zero attached hydrogens (tertiary/aromatic N) is 4. The van der Waals surface area contributed by atoms with Crippen molar-refractivity contribution in [2.75, 3.05) is 23.3 Å². The summed E-state index contributed by atoms with van der Waals surface area (Å²) in [5, 5.41) is 13.0. The second-order valence-electron chi connectivity index (χ2n) is 9.17. The molecule has 0 atom stereocenters. The van der Waals surface area contributed by atoms with Gasteiger partial charge in [-0.3, -0.25) is 4.79 Å². The fraction of sp³-hybridized carbons (Fsp3) is 0.500. The first kappa shape index (κ1) is 33.7. The lowest BCUT2D eigenvalue weighted by Crippen LogP contribution is -2.37. The second-order valence-corrected chi connectivity index (χ2v) is 9.53. The van der Waals surface area contributed by atoms with Gasteiger partial charge in [0.2, 0.25) is 0 Å². The molecule has 216 valence electrons. The van der Waals surface area contributed by atoms with Crippen LogP contribution >= 0.6 is 11.6 Å². The fourth-order valence-corrected chi connectivity index (χ4v) is 3.95. The average Bonchev–Trinajstić information content (AvgIpc) is 3.27. The van der Waals surface area contributed by atoms with Gasteiger partial charge in [-0.2, -0.15) is 0 Å². The number of hydrogen-bond donors (Lipinski definition) is 3. The highest BCUT2D eigenvalue weighted by molar-refractivity contribution is 6.31. The third kappa shape index (κ3) is 9.40. The number of fused-ring (bicyclic) bond motifs is 1. The molecule has 10 nitrogen and oxygen atoms in total. The normalized spacial score (nSPS) is 14.4. The van der Waals surface area contributed by atoms with Gasteiger partial charge >= 0.3 is 6.09 Å². The number of imide groups is 1. The molecular formula is C28H43ClN6O4. The van der Waals surface area contributed by atoms with Crippen LogP contribution in [0.4, 0.5) is 22.0 Å². The fourth-order valence-electron chi connectivity index (χ4n) is 3.75. The predicted molar refractivity (Wildman–Crippen MR) is 157 cm³/mol. The van der Waals surface area contributed by atoms with Gasteiger partial charge in [0, 0.05) is 18.7 Å². The highest BCUT2D eigenvalue weighted by Gasteiger charge is 2.38. The summed E-state index contributed by atoms with van der Waals surface area (Å²) in [5.41, 5.74) is 6.02. The van der Waals surface area contributed by atoms with Gasteiger partial charge in [-0.25, -0.2) is 19.7 Å². The standard InChI is InChI=1S/C22H26ClN5O4.C2H5N.2C2H6/c1-22(2,3)32-21(31)28-12-15-18(20(28)30)16(11-25-19(15)23)26-17-5-4-13(10-24-17)27-8-6-14(29)7-9-27;1-2-3;2*1-2/h4-5,10-11,14,29H,6-9,12H2,1-3H3,(H,24,26);2H,1,3H2;2*1-2H3. The number of aliphatic hydroxyl groups excluding tert-OH is 1. The molecule has 0 bridgehead atoms. The lowest BCUT2D eigenvalue weighted by Gasteiger charge is -2.31. The summed E-state index contributed by atoms with van der Waals surface area (Å²) in [6.07, 6.45) is 4.96. The van der Waals surface area contributed by atoms with E-state index in [9.17, 15) is 14.7 Å². The van der Waals surface area contributed by atoms with Gasteiger partial charge in [0.1, 0.15) is 16.6 Å². The van der Waals surface area contributed by atoms with Crippen LogP contribution in [0.25, 0.3) is 0 Å². The maximum Gasteiger partial charge on any atom is 0.417 e. The SMILES string of the molecule is C=CN.CC.CC.CC(C)(C)OC(=O)N1Cc2c(Cl)ncc(Nc3ccc(N4CCC(O)CC4)cn3)c2C1=O. The van der Waals surface area contributed by atoms with Crippen LogP contribution in [0, 0.1) is 0 Å². The van der Waals surface area contributed by atoms with Crippen LogP contribution in [-0.2, 0) is 11.3 Å². The zero-order valence-corrected chi connectivity index (χ0v) is 24.9. The number of rotatable bonds is 3. The maximum absolute atomic E-state index is 13.0. The minimum Gasteiger partial charge on any atom is -0.443 e. The Morgan fingerprint density at radius 3 is 2.28 bits per heavy atom. The van der Waals surface area contributed by atoms with Crippen molar-refractivity contribution in [3.63, 3.8) is 0 Å². The molecule has 0 saturated carbocycles. The van der Waals surface area contributed by atoms with E-state index in [1.807, 2.05) is 39.8 Å². The molecule has 0 unspecified atom stereocenters. The van der Waals surface area contributed by atoms with Gasteiger partial charge in [-0.05, 0) is 51.9 Å². The molecule has 4 N–H and O–H groups in total. The van der Waals surface area contributed by atoms with Crippen molar-refractivity contribution in [1.29, 1.82) is 0 Å². The van der Waals surface area contributed by atoms with E-state index >= 15 is 0 Å². The molecule has 0 aromatic carbocycles. The Labute approximate surface area is 237 Å². The smallest absolute Gasteiger partial charge is 0.417 e. The van der Waals surface area contributed by atoms with Crippen LogP contribution in [0.15, 0.2) is 37.3 Å². The molecule has 0 aliphatic carbocycles. The summed E-state index contributed by atoms with van der Waals surface area (Å²) >= 11 is 6.22. The Hall–Kier alpha value is -3.37. The number of halogens is 1. The van der Waals surface area contributed by atoms with Crippen molar-refractivity contribution in [3.05, 3.63) is 53.6 Å². The molecule has 0 radical (unpaired) electrons. The van der Waals surface area contributed by atoms with Crippen LogP contribution in [0.3, 0.4) is 0 Å². The summed E-state index contributed by atoms with van der Waals surface area (Å²) in [6, 6.07) is 3.75. The Balaban J connectivity index is 0.000000996. The van der Waals surface area contributed by atoms with E-state index in [0.717, 1.165) is 36.5 Å². The minimum absolute atomic E-state index is 0.00237. The monoisotopic (exact) mass is 562 g/mol. The van der Waals surface area contributed by atoms with Crippen molar-refractivity contribution in [2.24, 2.45) is 5.73 Å². The number of carbonyl (C=O) groups excluding carboxylic acids is 2. The molecule has 39 heavy (non-hydrogen) atoms. The highest BCUT2D eigenvalue weighted by atomic mass is 35.5. The molecule has 2 aromatic rings. The summed E-state index contributed by atoms with van der Waals surface area (Å²) in [7, 11) is 0. The number of aromatic nitrogens is 2. The number of pyridine rings is 2. The van der Waals surface area contributed by atoms with E-state index in [-0.39, 0.29) is 23.4 Å². The Bertz CT molecular complexity index is 1080. The van der Waals surface area contributed by atoms with Crippen LogP contribution in [0.5, 0.6) is 0 Å². The summed E-state index contributed by atoms with van der Waals surface area (Å²) in [4.78, 5) is 37.3. The van der Waals surface area contributed by atoms with Crippen LogP contribution in [-0.4, -0.2) is 56.8 Å². The number of anilines is 3. The highest BCUT2D eigenvalue weighted by Crippen LogP contribution is 2.35. The first-order valence-electron chi connectivity index (χ1n) is 13.2. The molecule has 1 fully saturated rings. The van der Waals surface area contributed by atoms with Crippen molar-refractivity contribution >= 4 is 40.8 Å². The van der Waals surface area contributed by atoms with E-state index in [1.165, 1.54) is 12.4 Å². The molecule has 11 heteroatoms. The van der Waals surface area contributed by atoms with Gasteiger partial charge in [0.05, 0.1) is 42.0 Å². The molecule has 2 aliphatic rings. The number of nitrogens with two attached hydrogens (primary N) is 1. The van der Waals surface area contributed by atoms with Gasteiger partial charge in [0.25, 0.3) is 5.91 Å². The number of nitrogens with one attached hydrogen (secondary N) is 1. The molecule has 4 heterocycles. The molecular weight excluding hydrogens is 520 g/mol. The quantitative estimate of drug-likeness (QED) is 0.393. The molecule has 2 aliphatic heterocycles. The second kappa shape index (κ2) is 15.9. The number of amides is 2. The van der Waals surface area contributed by atoms with Gasteiger partial charge < -0.3 is 25.8 Å². The third-order valence-corrected chi connectivity index (χ3v) is 5.68. The Morgan fingerprint density at radius 1 is 1.18 bits per heavy atom. The average molecular weight is 563 g/mol. The zero-order valence-electron chi connectivity index (χ0n) is 24.1. The molecule has 4 rings (SSSR count). The largest absolute Gasteiger partial charge is 0.443 e. The lowest BCUT2D eigenvalue weighted by molar-refractivity contribution is 0.0248. The minimum atomic E-state index is -0.729. The van der Waals surface area contributed by atoms with E-state index in [4.69, 9.17) is 16.3 Å². The van der Waals surface area contributed by atoms with E-state index < -0.39 is 17.6 Å². The number of aliphatic hydroxyl groups is 1. The first-order chi connectivity index (χ1) is 18.5. The van der Waals surface area contributed by atoms with Crippen molar-refractivity contribution in [3.8, 4) is 0 Å². The lowest BCUT2D eigenvalue weighted by atomic mass is 10.1. The van der Waals surface area contributed by atoms with E-state index in [0.29, 0.717) is 17.1 Å². The van der Waals surface area contributed by atoms with Crippen molar-refractivity contribution < 1.29 is 19.4 Å². The number of hydrogen-bond acceptors (Lipinski definition) is 9. The van der Waals surface area contributed by atoms with Gasteiger partial charge in [-0.15, -0.1) is 0 Å².